The van der Waals surface area contributed by atoms with Crippen LogP contribution in [0.25, 0.3) is 0 Å². The van der Waals surface area contributed by atoms with Crippen molar-refractivity contribution in [3.8, 4) is 0 Å². The van der Waals surface area contributed by atoms with E-state index in [1.807, 2.05) is 6.92 Å². The van der Waals surface area contributed by atoms with Crippen molar-refractivity contribution in [3.63, 3.8) is 0 Å². The number of hydrogen-bond acceptors (Lipinski definition) is 3. The van der Waals surface area contributed by atoms with E-state index in [2.05, 4.69) is 10.4 Å². The quantitative estimate of drug-likeness (QED) is 0.597. The lowest BCUT2D eigenvalue weighted by molar-refractivity contribution is -0.140. The van der Waals surface area contributed by atoms with E-state index in [0.29, 0.717) is 12.4 Å². The minimum absolute atomic E-state index is 0.164. The monoisotopic (exact) mass is 236 g/mol. The van der Waals surface area contributed by atoms with E-state index in [9.17, 15) is 13.2 Å². The van der Waals surface area contributed by atoms with Crippen LogP contribution in [0, 0.1) is 0 Å². The first-order chi connectivity index (χ1) is 7.46. The number of nitrogens with one attached hydrogen (secondary N) is 1. The van der Waals surface area contributed by atoms with Crippen LogP contribution in [0.5, 0.6) is 0 Å². The molecule has 0 fully saturated rings. The van der Waals surface area contributed by atoms with Gasteiger partial charge in [0.1, 0.15) is 5.82 Å². The average molecular weight is 236 g/mol. The van der Waals surface area contributed by atoms with E-state index in [0.717, 1.165) is 0 Å². The second-order valence-corrected chi connectivity index (χ2v) is 3.52. The standard InChI is InChI=1S/C9H15F3N4/c1-2-16-4-3-14-8(16)5-7(15-13)6-9(10,11)12/h3-4,7,15H,2,5-6,13H2,1H3. The molecule has 0 aliphatic carbocycles. The third kappa shape index (κ3) is 3.82. The maximum absolute atomic E-state index is 12.2. The summed E-state index contributed by atoms with van der Waals surface area (Å²) in [6, 6.07) is -0.840. The molecule has 92 valence electrons. The highest BCUT2D eigenvalue weighted by Gasteiger charge is 2.32. The topological polar surface area (TPSA) is 55.9 Å². The van der Waals surface area contributed by atoms with Crippen LogP contribution in [0.4, 0.5) is 13.2 Å². The van der Waals surface area contributed by atoms with Crippen LogP contribution in [-0.2, 0) is 13.0 Å². The summed E-state index contributed by atoms with van der Waals surface area (Å²) in [5.41, 5.74) is 2.17. The van der Waals surface area contributed by atoms with Crippen LogP contribution in [0.3, 0.4) is 0 Å². The number of aryl methyl sites for hydroxylation is 1. The van der Waals surface area contributed by atoms with Gasteiger partial charge in [-0.15, -0.1) is 0 Å². The zero-order valence-corrected chi connectivity index (χ0v) is 8.96. The van der Waals surface area contributed by atoms with Crippen LogP contribution in [-0.4, -0.2) is 21.8 Å². The van der Waals surface area contributed by atoms with Gasteiger partial charge in [-0.25, -0.2) is 4.98 Å². The molecule has 3 N–H and O–H groups in total. The van der Waals surface area contributed by atoms with Gasteiger partial charge in [-0.1, -0.05) is 0 Å². The summed E-state index contributed by atoms with van der Waals surface area (Å²) in [6.45, 7) is 2.58. The first kappa shape index (κ1) is 13.0. The van der Waals surface area contributed by atoms with Gasteiger partial charge in [0, 0.05) is 31.4 Å². The molecule has 0 saturated carbocycles. The molecule has 1 aromatic heterocycles. The Morgan fingerprint density at radius 3 is 2.75 bits per heavy atom. The summed E-state index contributed by atoms with van der Waals surface area (Å²) >= 11 is 0. The maximum Gasteiger partial charge on any atom is 0.390 e. The Morgan fingerprint density at radius 1 is 1.56 bits per heavy atom. The van der Waals surface area contributed by atoms with E-state index < -0.39 is 18.6 Å². The highest BCUT2D eigenvalue weighted by Crippen LogP contribution is 2.22. The summed E-state index contributed by atoms with van der Waals surface area (Å²) in [6.07, 6.45) is -1.71. The fourth-order valence-corrected chi connectivity index (χ4v) is 1.51. The molecule has 0 amide bonds. The van der Waals surface area contributed by atoms with Crippen molar-refractivity contribution in [2.45, 2.75) is 38.5 Å². The van der Waals surface area contributed by atoms with Crippen LogP contribution in [0.1, 0.15) is 19.2 Å². The van der Waals surface area contributed by atoms with E-state index in [-0.39, 0.29) is 6.42 Å². The van der Waals surface area contributed by atoms with Crippen LogP contribution in [0.15, 0.2) is 12.4 Å². The third-order valence-electron chi connectivity index (χ3n) is 2.28. The molecule has 0 aromatic carbocycles. The Hall–Kier alpha value is -1.08. The Labute approximate surface area is 91.6 Å². The van der Waals surface area contributed by atoms with Gasteiger partial charge in [-0.3, -0.25) is 11.3 Å². The second-order valence-electron chi connectivity index (χ2n) is 3.52. The molecular weight excluding hydrogens is 221 g/mol. The molecule has 7 heteroatoms. The molecular formula is C9H15F3N4. The maximum atomic E-state index is 12.2. The van der Waals surface area contributed by atoms with Gasteiger partial charge in [-0.05, 0) is 6.92 Å². The van der Waals surface area contributed by atoms with E-state index in [4.69, 9.17) is 5.84 Å². The fourth-order valence-electron chi connectivity index (χ4n) is 1.51. The number of nitrogens with zero attached hydrogens (tertiary/aromatic N) is 2. The molecule has 1 unspecified atom stereocenters. The van der Waals surface area contributed by atoms with Crippen molar-refractivity contribution in [1.29, 1.82) is 0 Å². The second kappa shape index (κ2) is 5.31. The first-order valence-electron chi connectivity index (χ1n) is 4.99. The molecule has 16 heavy (non-hydrogen) atoms. The summed E-state index contributed by atoms with van der Waals surface area (Å²) in [4.78, 5) is 4.00. The molecule has 1 heterocycles. The normalized spacial score (nSPS) is 14.1. The highest BCUT2D eigenvalue weighted by atomic mass is 19.4. The van der Waals surface area contributed by atoms with Crippen molar-refractivity contribution >= 4 is 0 Å². The van der Waals surface area contributed by atoms with Crippen molar-refractivity contribution in [2.75, 3.05) is 0 Å². The van der Waals surface area contributed by atoms with Crippen LogP contribution < -0.4 is 11.3 Å². The number of rotatable bonds is 5. The molecule has 0 bridgehead atoms. The molecule has 1 aromatic rings. The predicted octanol–water partition coefficient (Wildman–Crippen LogP) is 1.23. The minimum atomic E-state index is -4.22. The zero-order chi connectivity index (χ0) is 12.2. The van der Waals surface area contributed by atoms with Gasteiger partial charge in [0.15, 0.2) is 0 Å². The number of hydrogen-bond donors (Lipinski definition) is 2. The summed E-state index contributed by atoms with van der Waals surface area (Å²) < 4.78 is 38.3. The summed E-state index contributed by atoms with van der Waals surface area (Å²) in [5, 5.41) is 0. The lowest BCUT2D eigenvalue weighted by Crippen LogP contribution is -2.40. The summed E-state index contributed by atoms with van der Waals surface area (Å²) in [7, 11) is 0. The zero-order valence-electron chi connectivity index (χ0n) is 8.96. The van der Waals surface area contributed by atoms with E-state index in [1.54, 1.807) is 17.0 Å². The van der Waals surface area contributed by atoms with Gasteiger partial charge in [0.05, 0.1) is 6.42 Å². The number of nitrogens with two attached hydrogens (primary N) is 1. The number of halogens is 3. The molecule has 0 aliphatic heterocycles. The largest absolute Gasteiger partial charge is 0.390 e. The molecule has 0 aliphatic rings. The first-order valence-corrected chi connectivity index (χ1v) is 4.99. The smallest absolute Gasteiger partial charge is 0.335 e. The van der Waals surface area contributed by atoms with Crippen LogP contribution >= 0.6 is 0 Å². The van der Waals surface area contributed by atoms with Gasteiger partial charge >= 0.3 is 6.18 Å². The Bertz CT molecular complexity index is 321. The van der Waals surface area contributed by atoms with Crippen molar-refractivity contribution in [2.24, 2.45) is 5.84 Å². The SMILES string of the molecule is CCn1ccnc1CC(CC(F)(F)F)NN. The van der Waals surface area contributed by atoms with Crippen molar-refractivity contribution < 1.29 is 13.2 Å². The average Bonchev–Trinajstić information content (AvgIpc) is 2.62. The number of imidazole rings is 1. The fraction of sp³-hybridized carbons (Fsp3) is 0.667. The van der Waals surface area contributed by atoms with Crippen LogP contribution in [0.2, 0.25) is 0 Å². The van der Waals surface area contributed by atoms with Crippen molar-refractivity contribution in [3.05, 3.63) is 18.2 Å². The molecule has 1 atom stereocenters. The Balaban J connectivity index is 2.63. The molecule has 0 spiro atoms. The third-order valence-corrected chi connectivity index (χ3v) is 2.28. The molecule has 0 radical (unpaired) electrons. The number of aromatic nitrogens is 2. The van der Waals surface area contributed by atoms with Gasteiger partial charge < -0.3 is 4.57 Å². The molecule has 0 saturated heterocycles. The lowest BCUT2D eigenvalue weighted by atomic mass is 10.1. The Kier molecular flexibility index (Phi) is 4.31. The predicted molar refractivity (Wildman–Crippen MR) is 53.4 cm³/mol. The Morgan fingerprint density at radius 2 is 2.25 bits per heavy atom. The lowest BCUT2D eigenvalue weighted by Gasteiger charge is -2.17. The highest BCUT2D eigenvalue weighted by molar-refractivity contribution is 4.95. The van der Waals surface area contributed by atoms with E-state index >= 15 is 0 Å². The minimum Gasteiger partial charge on any atom is -0.335 e. The molecule has 4 nitrogen and oxygen atoms in total. The summed E-state index contributed by atoms with van der Waals surface area (Å²) in [5.74, 6) is 5.71. The van der Waals surface area contributed by atoms with Crippen molar-refractivity contribution in [1.82, 2.24) is 15.0 Å². The van der Waals surface area contributed by atoms with E-state index in [1.165, 1.54) is 0 Å². The van der Waals surface area contributed by atoms with Gasteiger partial charge in [-0.2, -0.15) is 13.2 Å². The number of alkyl halides is 3. The number of hydrazine groups is 1. The van der Waals surface area contributed by atoms with Gasteiger partial charge in [0.2, 0.25) is 0 Å². The molecule has 1 rings (SSSR count). The van der Waals surface area contributed by atoms with Gasteiger partial charge in [0.25, 0.3) is 0 Å².